The zero-order valence-corrected chi connectivity index (χ0v) is 16.0. The van der Waals surface area contributed by atoms with Crippen LogP contribution in [0.3, 0.4) is 0 Å². The molecule has 2 aromatic rings. The Balaban J connectivity index is 1.60. The van der Waals surface area contributed by atoms with E-state index in [0.29, 0.717) is 22.4 Å². The quantitative estimate of drug-likeness (QED) is 0.748. The van der Waals surface area contributed by atoms with E-state index >= 15 is 0 Å². The number of rotatable bonds is 7. The highest BCUT2D eigenvalue weighted by atomic mass is 35.5. The summed E-state index contributed by atoms with van der Waals surface area (Å²) >= 11 is 11.4. The van der Waals surface area contributed by atoms with E-state index in [2.05, 4.69) is 21.9 Å². The molecule has 25 heavy (non-hydrogen) atoms. The second-order valence-electron chi connectivity index (χ2n) is 6.37. The molecule has 1 fully saturated rings. The first-order valence-electron chi connectivity index (χ1n) is 8.39. The van der Waals surface area contributed by atoms with Crippen molar-refractivity contribution in [1.29, 1.82) is 0 Å². The third-order valence-electron chi connectivity index (χ3n) is 4.13. The third-order valence-corrected chi connectivity index (χ3v) is 4.81. The summed E-state index contributed by atoms with van der Waals surface area (Å²) in [6.07, 6.45) is 2.37. The molecule has 1 heterocycles. The number of carbonyl (C=O) groups excluding carboxylic acids is 1. The molecule has 1 amide bonds. The largest absolute Gasteiger partial charge is 0.325 e. The van der Waals surface area contributed by atoms with Crippen molar-refractivity contribution >= 4 is 35.4 Å². The van der Waals surface area contributed by atoms with Gasteiger partial charge in [0.05, 0.1) is 13.2 Å². The summed E-state index contributed by atoms with van der Waals surface area (Å²) in [5, 5.41) is 8.17. The highest BCUT2D eigenvalue weighted by Gasteiger charge is 2.29. The molecule has 0 saturated heterocycles. The van der Waals surface area contributed by atoms with Gasteiger partial charge in [0.1, 0.15) is 5.82 Å². The smallest absolute Gasteiger partial charge is 0.238 e. The van der Waals surface area contributed by atoms with E-state index in [9.17, 15) is 4.79 Å². The van der Waals surface area contributed by atoms with Gasteiger partial charge >= 0.3 is 0 Å². The Morgan fingerprint density at radius 2 is 2.08 bits per heavy atom. The predicted molar refractivity (Wildman–Crippen MR) is 101 cm³/mol. The minimum absolute atomic E-state index is 0.0892. The lowest BCUT2D eigenvalue weighted by Gasteiger charge is -2.16. The fraction of sp³-hybridized carbons (Fsp3) is 0.471. The first kappa shape index (κ1) is 18.1. The predicted octanol–water partition coefficient (Wildman–Crippen LogP) is 3.49. The number of anilines is 1. The van der Waals surface area contributed by atoms with Crippen LogP contribution in [-0.2, 0) is 18.0 Å². The molecule has 1 aliphatic carbocycles. The molecule has 1 aliphatic rings. The second-order valence-corrected chi connectivity index (χ2v) is 7.17. The number of aromatic nitrogens is 3. The van der Waals surface area contributed by atoms with Gasteiger partial charge in [-0.3, -0.25) is 9.69 Å². The third kappa shape index (κ3) is 4.48. The molecule has 1 N–H and O–H groups in total. The average molecular weight is 380 g/mol. The van der Waals surface area contributed by atoms with Gasteiger partial charge in [-0.15, -0.1) is 0 Å². The summed E-state index contributed by atoms with van der Waals surface area (Å²) in [7, 11) is 1.88. The Hall–Kier alpha value is -1.70. The van der Waals surface area contributed by atoms with Crippen molar-refractivity contribution in [3.8, 4) is 0 Å². The van der Waals surface area contributed by atoms with Gasteiger partial charge in [-0.05, 0) is 63.3 Å². The summed E-state index contributed by atoms with van der Waals surface area (Å²) < 4.78 is 4.62. The zero-order chi connectivity index (χ0) is 18.0. The van der Waals surface area contributed by atoms with Gasteiger partial charge in [-0.2, -0.15) is 5.10 Å². The van der Waals surface area contributed by atoms with Crippen LogP contribution in [0.2, 0.25) is 5.02 Å². The van der Waals surface area contributed by atoms with E-state index in [4.69, 9.17) is 23.8 Å². The van der Waals surface area contributed by atoms with Crippen molar-refractivity contribution in [3.05, 3.63) is 39.9 Å². The van der Waals surface area contributed by atoms with E-state index < -0.39 is 0 Å². The lowest BCUT2D eigenvalue weighted by molar-refractivity contribution is -0.117. The maximum absolute atomic E-state index is 12.2. The van der Waals surface area contributed by atoms with Crippen LogP contribution in [0.5, 0.6) is 0 Å². The minimum atomic E-state index is -0.0892. The summed E-state index contributed by atoms with van der Waals surface area (Å²) in [4.78, 5) is 14.1. The Bertz CT molecular complexity index is 809. The summed E-state index contributed by atoms with van der Waals surface area (Å²) in [6.45, 7) is 3.64. The summed E-state index contributed by atoms with van der Waals surface area (Å²) in [5.74, 6) is 1.53. The molecule has 1 aromatic carbocycles. The fourth-order valence-electron chi connectivity index (χ4n) is 2.75. The number of nitrogens with one attached hydrogen (secondary N) is 1. The van der Waals surface area contributed by atoms with Crippen molar-refractivity contribution in [2.45, 2.75) is 38.9 Å². The molecule has 1 saturated carbocycles. The van der Waals surface area contributed by atoms with Gasteiger partial charge in [-0.25, -0.2) is 4.68 Å². The number of benzene rings is 1. The van der Waals surface area contributed by atoms with E-state index in [-0.39, 0.29) is 12.5 Å². The first-order chi connectivity index (χ1) is 12.0. The number of nitrogens with zero attached hydrogens (tertiary/aromatic N) is 4. The van der Waals surface area contributed by atoms with E-state index in [1.807, 2.05) is 16.6 Å². The molecule has 1 aromatic heterocycles. The maximum Gasteiger partial charge on any atom is 0.238 e. The van der Waals surface area contributed by atoms with E-state index in [1.54, 1.807) is 24.3 Å². The van der Waals surface area contributed by atoms with Crippen LogP contribution in [0.15, 0.2) is 24.3 Å². The van der Waals surface area contributed by atoms with Crippen LogP contribution >= 0.6 is 23.8 Å². The molecule has 0 aliphatic heterocycles. The van der Waals surface area contributed by atoms with Crippen molar-refractivity contribution in [1.82, 2.24) is 19.2 Å². The fourth-order valence-corrected chi connectivity index (χ4v) is 3.20. The van der Waals surface area contributed by atoms with Crippen LogP contribution in [0.4, 0.5) is 5.69 Å². The summed E-state index contributed by atoms with van der Waals surface area (Å²) in [5.41, 5.74) is 0.727. The molecule has 0 unspecified atom stereocenters. The molecular weight excluding hydrogens is 358 g/mol. The van der Waals surface area contributed by atoms with E-state index in [0.717, 1.165) is 18.1 Å². The number of hydrogen-bond acceptors (Lipinski definition) is 4. The van der Waals surface area contributed by atoms with Crippen LogP contribution < -0.4 is 5.32 Å². The SMILES string of the molecule is CCn1c(C2CC2)nn(CN(C)CC(=O)Nc2ccc(Cl)cc2)c1=S. The first-order valence-corrected chi connectivity index (χ1v) is 9.18. The Kier molecular flexibility index (Phi) is 5.56. The van der Waals surface area contributed by atoms with Crippen LogP contribution in [-0.4, -0.2) is 38.7 Å². The van der Waals surface area contributed by atoms with Gasteiger partial charge in [0, 0.05) is 23.2 Å². The number of amides is 1. The Morgan fingerprint density at radius 3 is 2.68 bits per heavy atom. The van der Waals surface area contributed by atoms with Crippen LogP contribution in [0, 0.1) is 4.77 Å². The molecular formula is C17H22ClN5OS. The molecule has 0 radical (unpaired) electrons. The molecule has 134 valence electrons. The van der Waals surface area contributed by atoms with Gasteiger partial charge in [0.2, 0.25) is 5.91 Å². The molecule has 0 spiro atoms. The highest BCUT2D eigenvalue weighted by Crippen LogP contribution is 2.39. The minimum Gasteiger partial charge on any atom is -0.325 e. The van der Waals surface area contributed by atoms with Crippen molar-refractivity contribution in [3.63, 3.8) is 0 Å². The topological polar surface area (TPSA) is 55.1 Å². The Labute approximate surface area is 157 Å². The number of carbonyl (C=O) groups is 1. The highest BCUT2D eigenvalue weighted by molar-refractivity contribution is 7.71. The van der Waals surface area contributed by atoms with Gasteiger partial charge in [0.25, 0.3) is 0 Å². The number of hydrogen-bond donors (Lipinski definition) is 1. The lowest BCUT2D eigenvalue weighted by atomic mass is 10.3. The lowest BCUT2D eigenvalue weighted by Crippen LogP contribution is -2.32. The van der Waals surface area contributed by atoms with Crippen molar-refractivity contribution in [2.24, 2.45) is 0 Å². The molecule has 3 rings (SSSR count). The number of likely N-dealkylation sites (N-methyl/N-ethyl adjacent to an activating group) is 1. The maximum atomic E-state index is 12.2. The van der Waals surface area contributed by atoms with Crippen LogP contribution in [0.25, 0.3) is 0 Å². The summed E-state index contributed by atoms with van der Waals surface area (Å²) in [6, 6.07) is 7.05. The van der Waals surface area contributed by atoms with Gasteiger partial charge in [0.15, 0.2) is 4.77 Å². The normalized spacial score (nSPS) is 14.1. The molecule has 6 nitrogen and oxygen atoms in total. The Morgan fingerprint density at radius 1 is 1.40 bits per heavy atom. The molecule has 8 heteroatoms. The van der Waals surface area contributed by atoms with Gasteiger partial charge < -0.3 is 9.88 Å². The second kappa shape index (κ2) is 7.68. The van der Waals surface area contributed by atoms with Crippen molar-refractivity contribution in [2.75, 3.05) is 18.9 Å². The van der Waals surface area contributed by atoms with E-state index in [1.165, 1.54) is 12.8 Å². The average Bonchev–Trinajstić information content (AvgIpc) is 3.36. The van der Waals surface area contributed by atoms with Crippen molar-refractivity contribution < 1.29 is 4.79 Å². The molecule has 0 atom stereocenters. The standard InChI is InChI=1S/C17H22ClN5OS/c1-3-22-16(12-4-5-12)20-23(17(22)25)11-21(2)10-15(24)19-14-8-6-13(18)7-9-14/h6-9,12H,3-5,10-11H2,1-2H3,(H,19,24). The zero-order valence-electron chi connectivity index (χ0n) is 14.4. The van der Waals surface area contributed by atoms with Gasteiger partial charge in [-0.1, -0.05) is 11.6 Å². The monoisotopic (exact) mass is 379 g/mol. The van der Waals surface area contributed by atoms with Crippen LogP contribution in [0.1, 0.15) is 31.5 Å². The number of halogens is 1. The molecule has 0 bridgehead atoms.